The summed E-state index contributed by atoms with van der Waals surface area (Å²) < 4.78 is 0. The van der Waals surface area contributed by atoms with Gasteiger partial charge in [0.05, 0.1) is 5.92 Å². The van der Waals surface area contributed by atoms with Gasteiger partial charge in [0, 0.05) is 31.2 Å². The second-order valence-electron chi connectivity index (χ2n) is 9.84. The Labute approximate surface area is 191 Å². The van der Waals surface area contributed by atoms with E-state index in [2.05, 4.69) is 29.2 Å². The highest BCUT2D eigenvalue weighted by Crippen LogP contribution is 2.41. The Bertz CT molecular complexity index is 923. The molecule has 0 bridgehead atoms. The normalized spacial score (nSPS) is 24.8. The molecule has 32 heavy (non-hydrogen) atoms. The van der Waals surface area contributed by atoms with Gasteiger partial charge in [-0.15, -0.1) is 0 Å². The molecule has 2 saturated heterocycles. The summed E-state index contributed by atoms with van der Waals surface area (Å²) in [5.74, 6) is 1.29. The second-order valence-corrected chi connectivity index (χ2v) is 9.84. The Kier molecular flexibility index (Phi) is 6.29. The molecule has 1 aliphatic carbocycles. The van der Waals surface area contributed by atoms with Crippen LogP contribution in [0.25, 0.3) is 0 Å². The highest BCUT2D eigenvalue weighted by atomic mass is 16.2. The van der Waals surface area contributed by atoms with Crippen LogP contribution in [0.4, 0.5) is 0 Å². The number of carbonyl (C=O) groups excluding carboxylic acids is 2. The average molecular weight is 431 g/mol. The molecule has 0 spiro atoms. The molecule has 2 heterocycles. The summed E-state index contributed by atoms with van der Waals surface area (Å²) in [5.41, 5.74) is 1.95. The first-order valence-electron chi connectivity index (χ1n) is 12.4. The number of amides is 2. The van der Waals surface area contributed by atoms with Gasteiger partial charge in [-0.3, -0.25) is 9.59 Å². The van der Waals surface area contributed by atoms with Gasteiger partial charge in [-0.2, -0.15) is 0 Å². The zero-order valence-electron chi connectivity index (χ0n) is 18.9. The first kappa shape index (κ1) is 21.2. The lowest BCUT2D eigenvalue weighted by Gasteiger charge is -2.48. The Balaban J connectivity index is 1.33. The first-order valence-corrected chi connectivity index (χ1v) is 12.4. The maximum atomic E-state index is 14.0. The van der Waals surface area contributed by atoms with Crippen LogP contribution >= 0.6 is 0 Å². The monoisotopic (exact) mass is 430 g/mol. The fraction of sp³-hybridized carbons (Fsp3) is 0.500. The largest absolute Gasteiger partial charge is 0.339 e. The van der Waals surface area contributed by atoms with Crippen LogP contribution in [0.15, 0.2) is 60.7 Å². The lowest BCUT2D eigenvalue weighted by Crippen LogP contribution is -2.57. The minimum Gasteiger partial charge on any atom is -0.339 e. The maximum absolute atomic E-state index is 14.0. The number of likely N-dealkylation sites (tertiary alicyclic amines) is 2. The Hall–Kier alpha value is -2.62. The number of hydrogen-bond acceptors (Lipinski definition) is 2. The van der Waals surface area contributed by atoms with Gasteiger partial charge in [0.15, 0.2) is 0 Å². The molecule has 3 fully saturated rings. The second kappa shape index (κ2) is 9.48. The topological polar surface area (TPSA) is 40.6 Å². The quantitative estimate of drug-likeness (QED) is 0.676. The lowest BCUT2D eigenvalue weighted by molar-refractivity contribution is -0.141. The summed E-state index contributed by atoms with van der Waals surface area (Å²) in [5, 5.41) is 0. The molecule has 2 amide bonds. The highest BCUT2D eigenvalue weighted by molar-refractivity contribution is 5.94. The molecule has 3 aliphatic rings. The van der Waals surface area contributed by atoms with Crippen molar-refractivity contribution in [1.29, 1.82) is 0 Å². The fourth-order valence-electron chi connectivity index (χ4n) is 6.37. The van der Waals surface area contributed by atoms with E-state index in [1.807, 2.05) is 41.3 Å². The van der Waals surface area contributed by atoms with Gasteiger partial charge < -0.3 is 9.80 Å². The Morgan fingerprint density at radius 2 is 1.47 bits per heavy atom. The third kappa shape index (κ3) is 4.20. The minimum atomic E-state index is -0.0126. The minimum absolute atomic E-state index is 0.0126. The van der Waals surface area contributed by atoms with Crippen molar-refractivity contribution < 1.29 is 9.59 Å². The SMILES string of the molecule is O=C(c1ccccc1)N1CC[C@H]2[C@H](CCCN2C(=O)C(c2ccccc2)C2CCCC2)C1. The van der Waals surface area contributed by atoms with Crippen molar-refractivity contribution in [2.45, 2.75) is 56.9 Å². The van der Waals surface area contributed by atoms with Crippen molar-refractivity contribution in [3.05, 3.63) is 71.8 Å². The molecule has 0 radical (unpaired) electrons. The summed E-state index contributed by atoms with van der Waals surface area (Å²) in [6, 6.07) is 20.3. The number of rotatable bonds is 4. The summed E-state index contributed by atoms with van der Waals surface area (Å²) in [6.45, 7) is 2.36. The van der Waals surface area contributed by atoms with Crippen LogP contribution in [0.2, 0.25) is 0 Å². The van der Waals surface area contributed by atoms with E-state index in [4.69, 9.17) is 0 Å². The van der Waals surface area contributed by atoms with E-state index < -0.39 is 0 Å². The van der Waals surface area contributed by atoms with Gasteiger partial charge in [-0.1, -0.05) is 61.4 Å². The molecule has 0 N–H and O–H groups in total. The van der Waals surface area contributed by atoms with Gasteiger partial charge in [0.1, 0.15) is 0 Å². The molecular weight excluding hydrogens is 396 g/mol. The van der Waals surface area contributed by atoms with Crippen LogP contribution in [0, 0.1) is 11.8 Å². The standard InChI is InChI=1S/C28H34N2O2/c31-27(23-14-5-2-6-15-23)29-19-17-25-24(20-29)16-9-18-30(25)28(32)26(22-12-7-8-13-22)21-10-3-1-4-11-21/h1-6,10-11,14-15,22,24-26H,7-9,12-13,16-20H2/t24-,25+,26?/m1/s1. The summed E-state index contributed by atoms with van der Waals surface area (Å²) in [7, 11) is 0. The number of piperidine rings is 2. The first-order chi connectivity index (χ1) is 15.7. The van der Waals surface area contributed by atoms with Crippen molar-refractivity contribution in [2.24, 2.45) is 11.8 Å². The van der Waals surface area contributed by atoms with Gasteiger partial charge in [0.2, 0.25) is 5.91 Å². The van der Waals surface area contributed by atoms with E-state index in [1.54, 1.807) is 0 Å². The summed E-state index contributed by atoms with van der Waals surface area (Å²) in [4.78, 5) is 31.3. The summed E-state index contributed by atoms with van der Waals surface area (Å²) >= 11 is 0. The lowest BCUT2D eigenvalue weighted by atomic mass is 9.79. The number of fused-ring (bicyclic) bond motifs is 1. The maximum Gasteiger partial charge on any atom is 0.253 e. The van der Waals surface area contributed by atoms with E-state index >= 15 is 0 Å². The van der Waals surface area contributed by atoms with Gasteiger partial charge in [-0.05, 0) is 61.6 Å². The fourth-order valence-corrected chi connectivity index (χ4v) is 6.37. The van der Waals surface area contributed by atoms with E-state index in [9.17, 15) is 9.59 Å². The average Bonchev–Trinajstić information content (AvgIpc) is 3.38. The van der Waals surface area contributed by atoms with E-state index in [0.717, 1.165) is 57.3 Å². The van der Waals surface area contributed by atoms with E-state index in [0.29, 0.717) is 17.7 Å². The molecule has 0 aromatic heterocycles. The van der Waals surface area contributed by atoms with E-state index in [-0.39, 0.29) is 17.9 Å². The van der Waals surface area contributed by atoms with Crippen molar-refractivity contribution in [2.75, 3.05) is 19.6 Å². The van der Waals surface area contributed by atoms with Gasteiger partial charge in [0.25, 0.3) is 5.91 Å². The van der Waals surface area contributed by atoms with Crippen molar-refractivity contribution in [3.63, 3.8) is 0 Å². The number of benzene rings is 2. The smallest absolute Gasteiger partial charge is 0.253 e. The molecule has 2 aromatic carbocycles. The number of hydrogen-bond donors (Lipinski definition) is 0. The van der Waals surface area contributed by atoms with E-state index in [1.165, 1.54) is 18.4 Å². The number of carbonyl (C=O) groups is 2. The van der Waals surface area contributed by atoms with Crippen LogP contribution in [0.1, 0.15) is 66.8 Å². The van der Waals surface area contributed by atoms with Crippen LogP contribution in [-0.2, 0) is 4.79 Å². The molecule has 2 aromatic rings. The third-order valence-electron chi connectivity index (χ3n) is 7.96. The van der Waals surface area contributed by atoms with Gasteiger partial charge >= 0.3 is 0 Å². The van der Waals surface area contributed by atoms with Crippen molar-refractivity contribution in [3.8, 4) is 0 Å². The Morgan fingerprint density at radius 3 is 2.19 bits per heavy atom. The van der Waals surface area contributed by atoms with Crippen LogP contribution in [0.5, 0.6) is 0 Å². The van der Waals surface area contributed by atoms with Crippen LogP contribution in [-0.4, -0.2) is 47.3 Å². The predicted octanol–water partition coefficient (Wildman–Crippen LogP) is 5.11. The Morgan fingerprint density at radius 1 is 0.781 bits per heavy atom. The van der Waals surface area contributed by atoms with Crippen LogP contribution in [0.3, 0.4) is 0 Å². The predicted molar refractivity (Wildman–Crippen MR) is 126 cm³/mol. The molecule has 1 unspecified atom stereocenters. The molecule has 4 heteroatoms. The molecule has 1 saturated carbocycles. The molecular formula is C28H34N2O2. The molecule has 5 rings (SSSR count). The molecule has 4 nitrogen and oxygen atoms in total. The number of nitrogens with zero attached hydrogens (tertiary/aromatic N) is 2. The van der Waals surface area contributed by atoms with Crippen molar-refractivity contribution >= 4 is 11.8 Å². The van der Waals surface area contributed by atoms with Gasteiger partial charge in [-0.25, -0.2) is 0 Å². The molecule has 168 valence electrons. The highest BCUT2D eigenvalue weighted by Gasteiger charge is 2.43. The zero-order chi connectivity index (χ0) is 21.9. The molecule has 2 aliphatic heterocycles. The summed E-state index contributed by atoms with van der Waals surface area (Å²) in [6.07, 6.45) is 7.83. The van der Waals surface area contributed by atoms with Crippen LogP contribution < -0.4 is 0 Å². The van der Waals surface area contributed by atoms with Crippen molar-refractivity contribution in [1.82, 2.24) is 9.80 Å². The third-order valence-corrected chi connectivity index (χ3v) is 7.96. The molecule has 3 atom stereocenters. The zero-order valence-corrected chi connectivity index (χ0v) is 18.9.